The maximum absolute atomic E-state index is 5.56. The minimum Gasteiger partial charge on any atom is -0.494 e. The van der Waals surface area contributed by atoms with Crippen molar-refractivity contribution in [3.8, 4) is 5.75 Å². The van der Waals surface area contributed by atoms with E-state index in [9.17, 15) is 0 Å². The van der Waals surface area contributed by atoms with Crippen LogP contribution in [0.5, 0.6) is 5.75 Å². The molecule has 1 saturated heterocycles. The number of hydrogen-bond acceptors (Lipinski definition) is 3. The molecule has 1 aromatic carbocycles. The third-order valence-corrected chi connectivity index (χ3v) is 3.29. The molecule has 1 unspecified atom stereocenters. The van der Waals surface area contributed by atoms with E-state index in [1.165, 1.54) is 24.9 Å². The Kier molecular flexibility index (Phi) is 5.34. The summed E-state index contributed by atoms with van der Waals surface area (Å²) in [5.41, 5.74) is 1.17. The lowest BCUT2D eigenvalue weighted by Gasteiger charge is -2.24. The summed E-state index contributed by atoms with van der Waals surface area (Å²) in [6.07, 6.45) is 5.00. The highest BCUT2D eigenvalue weighted by molar-refractivity contribution is 5.46. The van der Waals surface area contributed by atoms with Crippen LogP contribution in [0.4, 0.5) is 5.69 Å². The fourth-order valence-corrected chi connectivity index (χ4v) is 2.23. The average Bonchev–Trinajstić information content (AvgIpc) is 2.45. The molecule has 1 aliphatic heterocycles. The fraction of sp³-hybridized carbons (Fsp3) is 0.600. The summed E-state index contributed by atoms with van der Waals surface area (Å²) < 4.78 is 5.56. The van der Waals surface area contributed by atoms with Gasteiger partial charge in [-0.3, -0.25) is 0 Å². The molecular weight excluding hydrogens is 224 g/mol. The van der Waals surface area contributed by atoms with Gasteiger partial charge in [-0.05, 0) is 50.1 Å². The molecule has 0 radical (unpaired) electrons. The van der Waals surface area contributed by atoms with Gasteiger partial charge in [-0.2, -0.15) is 0 Å². The van der Waals surface area contributed by atoms with Crippen molar-refractivity contribution in [1.82, 2.24) is 5.32 Å². The molecule has 0 aromatic heterocycles. The van der Waals surface area contributed by atoms with Gasteiger partial charge in [0.15, 0.2) is 0 Å². The Morgan fingerprint density at radius 1 is 1.28 bits per heavy atom. The van der Waals surface area contributed by atoms with Crippen LogP contribution in [0.1, 0.15) is 32.6 Å². The zero-order chi connectivity index (χ0) is 12.6. The smallest absolute Gasteiger partial charge is 0.119 e. The zero-order valence-electron chi connectivity index (χ0n) is 11.2. The Hall–Kier alpha value is -1.22. The van der Waals surface area contributed by atoms with E-state index in [0.29, 0.717) is 6.04 Å². The van der Waals surface area contributed by atoms with Crippen molar-refractivity contribution in [2.75, 3.05) is 25.0 Å². The molecule has 3 heteroatoms. The van der Waals surface area contributed by atoms with Crippen LogP contribution in [-0.2, 0) is 0 Å². The maximum atomic E-state index is 5.56. The van der Waals surface area contributed by atoms with Gasteiger partial charge in [0.25, 0.3) is 0 Å². The van der Waals surface area contributed by atoms with E-state index in [-0.39, 0.29) is 0 Å². The van der Waals surface area contributed by atoms with Crippen LogP contribution < -0.4 is 15.4 Å². The summed E-state index contributed by atoms with van der Waals surface area (Å²) in [5.74, 6) is 0.957. The van der Waals surface area contributed by atoms with Crippen molar-refractivity contribution >= 4 is 5.69 Å². The summed E-state index contributed by atoms with van der Waals surface area (Å²) in [6, 6.07) is 8.87. The quantitative estimate of drug-likeness (QED) is 0.812. The third kappa shape index (κ3) is 4.22. The Labute approximate surface area is 110 Å². The summed E-state index contributed by atoms with van der Waals surface area (Å²) in [6.45, 7) is 5.08. The highest BCUT2D eigenvalue weighted by atomic mass is 16.5. The van der Waals surface area contributed by atoms with Crippen molar-refractivity contribution in [1.29, 1.82) is 0 Å². The summed E-state index contributed by atoms with van der Waals surface area (Å²) in [4.78, 5) is 0. The number of anilines is 1. The van der Waals surface area contributed by atoms with Gasteiger partial charge in [-0.1, -0.05) is 13.3 Å². The largest absolute Gasteiger partial charge is 0.494 e. The Morgan fingerprint density at radius 3 is 2.78 bits per heavy atom. The topological polar surface area (TPSA) is 33.3 Å². The average molecular weight is 248 g/mol. The first-order valence-electron chi connectivity index (χ1n) is 7.08. The molecule has 0 amide bonds. The first-order chi connectivity index (χ1) is 8.88. The molecule has 1 atom stereocenters. The van der Waals surface area contributed by atoms with Crippen molar-refractivity contribution < 1.29 is 4.74 Å². The molecular formula is C15H24N2O. The van der Waals surface area contributed by atoms with Crippen LogP contribution in [0.2, 0.25) is 0 Å². The van der Waals surface area contributed by atoms with Crippen molar-refractivity contribution in [3.63, 3.8) is 0 Å². The van der Waals surface area contributed by atoms with Crippen molar-refractivity contribution in [3.05, 3.63) is 24.3 Å². The molecule has 18 heavy (non-hydrogen) atoms. The first-order valence-corrected chi connectivity index (χ1v) is 7.08. The van der Waals surface area contributed by atoms with E-state index in [0.717, 1.165) is 31.9 Å². The van der Waals surface area contributed by atoms with Crippen LogP contribution in [0.25, 0.3) is 0 Å². The standard InChI is InChI=1S/C15H24N2O/c1-2-11-18-15-8-6-13(7-9-15)17-12-14-5-3-4-10-16-14/h6-9,14,16-17H,2-5,10-12H2,1H3. The molecule has 2 N–H and O–H groups in total. The van der Waals surface area contributed by atoms with E-state index in [1.54, 1.807) is 0 Å². The Balaban J connectivity index is 1.75. The van der Waals surface area contributed by atoms with Gasteiger partial charge in [0.2, 0.25) is 0 Å². The van der Waals surface area contributed by atoms with Crippen molar-refractivity contribution in [2.24, 2.45) is 0 Å². The van der Waals surface area contributed by atoms with Crippen molar-refractivity contribution in [2.45, 2.75) is 38.6 Å². The lowest BCUT2D eigenvalue weighted by Crippen LogP contribution is -2.39. The zero-order valence-corrected chi connectivity index (χ0v) is 11.2. The molecule has 0 aliphatic carbocycles. The van der Waals surface area contributed by atoms with Gasteiger partial charge in [0.05, 0.1) is 6.61 Å². The summed E-state index contributed by atoms with van der Waals surface area (Å²) in [5, 5.41) is 7.02. The highest BCUT2D eigenvalue weighted by Gasteiger charge is 2.11. The van der Waals surface area contributed by atoms with Gasteiger partial charge in [-0.25, -0.2) is 0 Å². The second kappa shape index (κ2) is 7.27. The first kappa shape index (κ1) is 13.2. The molecule has 0 bridgehead atoms. The fourth-order valence-electron chi connectivity index (χ4n) is 2.23. The lowest BCUT2D eigenvalue weighted by atomic mass is 10.1. The molecule has 3 nitrogen and oxygen atoms in total. The van der Waals surface area contributed by atoms with Crippen LogP contribution in [0.15, 0.2) is 24.3 Å². The molecule has 1 heterocycles. The van der Waals surface area contributed by atoms with Gasteiger partial charge >= 0.3 is 0 Å². The van der Waals surface area contributed by atoms with E-state index in [2.05, 4.69) is 29.7 Å². The maximum Gasteiger partial charge on any atom is 0.119 e. The SMILES string of the molecule is CCCOc1ccc(NCC2CCCCN2)cc1. The molecule has 1 aliphatic rings. The summed E-state index contributed by atoms with van der Waals surface area (Å²) in [7, 11) is 0. The molecule has 1 aromatic rings. The molecule has 0 saturated carbocycles. The van der Waals surface area contributed by atoms with E-state index < -0.39 is 0 Å². The number of benzene rings is 1. The number of piperidine rings is 1. The molecule has 0 spiro atoms. The highest BCUT2D eigenvalue weighted by Crippen LogP contribution is 2.16. The van der Waals surface area contributed by atoms with Crippen LogP contribution in [-0.4, -0.2) is 25.7 Å². The normalized spacial score (nSPS) is 19.5. The predicted octanol–water partition coefficient (Wildman–Crippen LogP) is 3.03. The van der Waals surface area contributed by atoms with Crippen LogP contribution in [0.3, 0.4) is 0 Å². The van der Waals surface area contributed by atoms with Crippen LogP contribution in [0, 0.1) is 0 Å². The number of nitrogens with one attached hydrogen (secondary N) is 2. The third-order valence-electron chi connectivity index (χ3n) is 3.29. The van der Waals surface area contributed by atoms with Gasteiger partial charge in [0, 0.05) is 18.3 Å². The van der Waals surface area contributed by atoms with Gasteiger partial charge in [0.1, 0.15) is 5.75 Å². The minimum absolute atomic E-state index is 0.620. The molecule has 1 fully saturated rings. The molecule has 100 valence electrons. The summed E-state index contributed by atoms with van der Waals surface area (Å²) >= 11 is 0. The van der Waals surface area contributed by atoms with E-state index in [1.807, 2.05) is 12.1 Å². The van der Waals surface area contributed by atoms with Gasteiger partial charge in [-0.15, -0.1) is 0 Å². The lowest BCUT2D eigenvalue weighted by molar-refractivity contribution is 0.317. The van der Waals surface area contributed by atoms with E-state index >= 15 is 0 Å². The minimum atomic E-state index is 0.620. The number of rotatable bonds is 6. The monoisotopic (exact) mass is 248 g/mol. The second-order valence-electron chi connectivity index (χ2n) is 4.90. The number of hydrogen-bond donors (Lipinski definition) is 2. The van der Waals surface area contributed by atoms with E-state index in [4.69, 9.17) is 4.74 Å². The van der Waals surface area contributed by atoms with Crippen LogP contribution >= 0.6 is 0 Å². The predicted molar refractivity (Wildman–Crippen MR) is 76.4 cm³/mol. The Morgan fingerprint density at radius 2 is 2.11 bits per heavy atom. The van der Waals surface area contributed by atoms with Gasteiger partial charge < -0.3 is 15.4 Å². The molecule has 2 rings (SSSR count). The Bertz CT molecular complexity index is 331. The number of ether oxygens (including phenoxy) is 1. The second-order valence-corrected chi connectivity index (χ2v) is 4.90.